The number of hydrogen-bond acceptors (Lipinski definition) is 4. The number of nitrogens with one attached hydrogen (secondary N) is 1. The molecule has 0 radical (unpaired) electrons. The third kappa shape index (κ3) is 4.19. The third-order valence-corrected chi connectivity index (χ3v) is 5.06. The van der Waals surface area contributed by atoms with Gasteiger partial charge in [-0.3, -0.25) is 9.36 Å². The van der Waals surface area contributed by atoms with E-state index in [1.165, 1.54) is 4.68 Å². The van der Waals surface area contributed by atoms with Crippen molar-refractivity contribution in [2.45, 2.75) is 25.4 Å². The van der Waals surface area contributed by atoms with E-state index in [1.807, 2.05) is 24.3 Å². The topological polar surface area (TPSA) is 78.2 Å². The zero-order valence-corrected chi connectivity index (χ0v) is 16.7. The van der Waals surface area contributed by atoms with Crippen LogP contribution in [-0.4, -0.2) is 33.9 Å². The number of ether oxygens (including phenoxy) is 1. The molecule has 8 heteroatoms. The normalized spacial score (nSPS) is 13.3. The molecule has 0 aliphatic heterocycles. The molecule has 29 heavy (non-hydrogen) atoms. The minimum absolute atomic E-state index is 0.157. The van der Waals surface area contributed by atoms with Crippen molar-refractivity contribution in [3.05, 3.63) is 69.6 Å². The van der Waals surface area contributed by atoms with E-state index in [-0.39, 0.29) is 30.7 Å². The molecule has 0 atom stereocenters. The minimum Gasteiger partial charge on any atom is -0.497 e. The molecule has 1 aliphatic rings. The number of rotatable bonds is 7. The summed E-state index contributed by atoms with van der Waals surface area (Å²) in [7, 11) is 1.61. The molecule has 1 saturated carbocycles. The maximum Gasteiger partial charge on any atom is 0.346 e. The lowest BCUT2D eigenvalue weighted by atomic mass is 10.2. The highest BCUT2D eigenvalue weighted by atomic mass is 35.5. The molecule has 1 aliphatic carbocycles. The maximum atomic E-state index is 12.9. The van der Waals surface area contributed by atoms with Crippen LogP contribution in [0, 0.1) is 0 Å². The number of hydrogen-bond donors (Lipinski definition) is 1. The first-order valence-electron chi connectivity index (χ1n) is 9.44. The van der Waals surface area contributed by atoms with Gasteiger partial charge < -0.3 is 10.1 Å². The first-order valence-corrected chi connectivity index (χ1v) is 9.82. The highest BCUT2D eigenvalue weighted by molar-refractivity contribution is 6.30. The van der Waals surface area contributed by atoms with Crippen LogP contribution >= 0.6 is 11.6 Å². The summed E-state index contributed by atoms with van der Waals surface area (Å²) in [6.45, 7) is 0.572. The van der Waals surface area contributed by atoms with Gasteiger partial charge in [0.15, 0.2) is 5.82 Å². The Morgan fingerprint density at radius 1 is 1.24 bits per heavy atom. The number of aromatic nitrogens is 3. The van der Waals surface area contributed by atoms with Gasteiger partial charge in [-0.2, -0.15) is 0 Å². The van der Waals surface area contributed by atoms with Crippen LogP contribution in [0.25, 0.3) is 11.4 Å². The lowest BCUT2D eigenvalue weighted by Crippen LogP contribution is -2.32. The van der Waals surface area contributed by atoms with Gasteiger partial charge in [0.05, 0.1) is 13.7 Å². The lowest BCUT2D eigenvalue weighted by Gasteiger charge is -2.05. The van der Waals surface area contributed by atoms with Crippen LogP contribution in [0.1, 0.15) is 29.2 Å². The number of methoxy groups -OCH3 is 1. The second-order valence-electron chi connectivity index (χ2n) is 6.93. The molecule has 1 fully saturated rings. The first-order chi connectivity index (χ1) is 14.1. The third-order valence-electron chi connectivity index (χ3n) is 4.83. The Hall–Kier alpha value is -3.06. The first kappa shape index (κ1) is 19.3. The summed E-state index contributed by atoms with van der Waals surface area (Å²) in [6.07, 6.45) is 1.94. The summed E-state index contributed by atoms with van der Waals surface area (Å²) < 4.78 is 8.36. The predicted molar refractivity (Wildman–Crippen MR) is 111 cm³/mol. The van der Waals surface area contributed by atoms with Gasteiger partial charge in [-0.25, -0.2) is 9.48 Å². The van der Waals surface area contributed by atoms with Gasteiger partial charge in [-0.15, -0.1) is 5.10 Å². The van der Waals surface area contributed by atoms with Crippen molar-refractivity contribution in [1.29, 1.82) is 0 Å². The molecule has 0 bridgehead atoms. The average molecular weight is 413 g/mol. The minimum atomic E-state index is -0.238. The molecule has 2 aromatic carbocycles. The lowest BCUT2D eigenvalue weighted by molar-refractivity contribution is 0.0951. The van der Waals surface area contributed by atoms with Gasteiger partial charge >= 0.3 is 5.69 Å². The van der Waals surface area contributed by atoms with Gasteiger partial charge in [-0.1, -0.05) is 17.7 Å². The number of carbonyl (C=O) groups is 1. The van der Waals surface area contributed by atoms with Crippen LogP contribution in [0.15, 0.2) is 53.3 Å². The molecule has 1 heterocycles. The van der Waals surface area contributed by atoms with Crippen molar-refractivity contribution in [2.24, 2.45) is 0 Å². The van der Waals surface area contributed by atoms with E-state index in [0.29, 0.717) is 16.4 Å². The summed E-state index contributed by atoms with van der Waals surface area (Å²) in [6, 6.07) is 14.4. The van der Waals surface area contributed by atoms with E-state index in [0.717, 1.165) is 24.2 Å². The number of amides is 1. The van der Waals surface area contributed by atoms with Gasteiger partial charge in [0.1, 0.15) is 5.75 Å². The molecule has 1 N–H and O–H groups in total. The maximum absolute atomic E-state index is 12.9. The van der Waals surface area contributed by atoms with Gasteiger partial charge in [-0.05, 0) is 55.3 Å². The molecule has 150 valence electrons. The van der Waals surface area contributed by atoms with E-state index in [9.17, 15) is 9.59 Å². The van der Waals surface area contributed by atoms with Crippen LogP contribution in [0.4, 0.5) is 0 Å². The van der Waals surface area contributed by atoms with E-state index in [4.69, 9.17) is 16.3 Å². The Bertz CT molecular complexity index is 1080. The van der Waals surface area contributed by atoms with Crippen LogP contribution < -0.4 is 15.7 Å². The highest BCUT2D eigenvalue weighted by Crippen LogP contribution is 2.36. The molecule has 3 aromatic rings. The van der Waals surface area contributed by atoms with Crippen molar-refractivity contribution in [2.75, 3.05) is 13.7 Å². The van der Waals surface area contributed by atoms with E-state index in [2.05, 4.69) is 10.4 Å². The zero-order valence-electron chi connectivity index (χ0n) is 16.0. The van der Waals surface area contributed by atoms with Crippen LogP contribution in [0.2, 0.25) is 5.02 Å². The van der Waals surface area contributed by atoms with E-state index < -0.39 is 0 Å². The van der Waals surface area contributed by atoms with Crippen LogP contribution in [0.3, 0.4) is 0 Å². The molecule has 0 unspecified atom stereocenters. The summed E-state index contributed by atoms with van der Waals surface area (Å²) in [5.74, 6) is 1.15. The number of halogens is 1. The quantitative estimate of drug-likeness (QED) is 0.646. The highest BCUT2D eigenvalue weighted by Gasteiger charge is 2.30. The smallest absolute Gasteiger partial charge is 0.346 e. The molecule has 0 saturated heterocycles. The fraction of sp³-hybridized carbons (Fsp3) is 0.286. The Kier molecular flexibility index (Phi) is 5.40. The molecule has 0 spiro atoms. The predicted octanol–water partition coefficient (Wildman–Crippen LogP) is 3.14. The number of carbonyl (C=O) groups excluding carboxylic acids is 1. The van der Waals surface area contributed by atoms with Crippen LogP contribution in [-0.2, 0) is 6.54 Å². The number of benzene rings is 2. The van der Waals surface area contributed by atoms with Crippen molar-refractivity contribution in [1.82, 2.24) is 19.7 Å². The van der Waals surface area contributed by atoms with Gasteiger partial charge in [0, 0.05) is 28.7 Å². The largest absolute Gasteiger partial charge is 0.497 e. The van der Waals surface area contributed by atoms with Crippen molar-refractivity contribution in [3.8, 4) is 17.1 Å². The molecule has 1 amide bonds. The molecule has 4 rings (SSSR count). The van der Waals surface area contributed by atoms with Crippen molar-refractivity contribution in [3.63, 3.8) is 0 Å². The van der Waals surface area contributed by atoms with E-state index in [1.54, 1.807) is 35.9 Å². The van der Waals surface area contributed by atoms with Gasteiger partial charge in [0.2, 0.25) is 0 Å². The fourth-order valence-corrected chi connectivity index (χ4v) is 3.36. The van der Waals surface area contributed by atoms with Gasteiger partial charge in [0.25, 0.3) is 5.91 Å². The van der Waals surface area contributed by atoms with Crippen molar-refractivity contribution >= 4 is 17.5 Å². The van der Waals surface area contributed by atoms with Crippen LogP contribution in [0.5, 0.6) is 5.75 Å². The number of nitrogens with zero attached hydrogens (tertiary/aromatic N) is 3. The molecular weight excluding hydrogens is 392 g/mol. The second kappa shape index (κ2) is 8.13. The zero-order chi connectivity index (χ0) is 20.4. The Balaban J connectivity index is 1.50. The molecular formula is C21H21ClN4O3. The Labute approximate surface area is 172 Å². The molecule has 1 aromatic heterocycles. The summed E-state index contributed by atoms with van der Waals surface area (Å²) in [4.78, 5) is 25.1. The van der Waals surface area contributed by atoms with Crippen molar-refractivity contribution < 1.29 is 9.53 Å². The van der Waals surface area contributed by atoms with E-state index >= 15 is 0 Å². The fourth-order valence-electron chi connectivity index (χ4n) is 3.17. The summed E-state index contributed by atoms with van der Waals surface area (Å²) in [5, 5.41) is 7.84. The monoisotopic (exact) mass is 412 g/mol. The summed E-state index contributed by atoms with van der Waals surface area (Å²) >= 11 is 5.93. The standard InChI is InChI=1S/C21H21ClN4O3/c1-29-18-9-5-14(6-10-18)19-24-25(21(28)26(19)17-7-8-17)12-11-23-20(27)15-3-2-4-16(22)13-15/h2-6,9-10,13,17H,7-8,11-12H2,1H3,(H,23,27). The second-order valence-corrected chi connectivity index (χ2v) is 7.36. The summed E-state index contributed by atoms with van der Waals surface area (Å²) in [5.41, 5.74) is 1.18. The Morgan fingerprint density at radius 2 is 2.00 bits per heavy atom. The molecule has 7 nitrogen and oxygen atoms in total. The Morgan fingerprint density at radius 3 is 2.66 bits per heavy atom. The SMILES string of the molecule is COc1ccc(-c2nn(CCNC(=O)c3cccc(Cl)c3)c(=O)n2C2CC2)cc1. The average Bonchev–Trinajstić information content (AvgIpc) is 3.52.